The van der Waals surface area contributed by atoms with Gasteiger partial charge in [-0.2, -0.15) is 0 Å². The number of fused-ring (bicyclic) bond motifs is 2. The summed E-state index contributed by atoms with van der Waals surface area (Å²) >= 11 is 0. The molecule has 1 aliphatic heterocycles. The molecule has 11 heteroatoms. The number of benzene rings is 3. The fourth-order valence-corrected chi connectivity index (χ4v) is 12.4. The van der Waals surface area contributed by atoms with Crippen LogP contribution in [0.25, 0.3) is 11.2 Å². The number of imidazole rings is 1. The topological polar surface area (TPSA) is 132 Å². The number of nitrogens with zero attached hydrogens (tertiary/aromatic N) is 4. The third kappa shape index (κ3) is 4.84. The minimum atomic E-state index is -3.11. The highest BCUT2D eigenvalue weighted by atomic mass is 28.4. The average molecular weight is 650 g/mol. The quantitative estimate of drug-likeness (QED) is 0.204. The molecule has 0 unspecified atom stereocenters. The van der Waals surface area contributed by atoms with Crippen molar-refractivity contribution < 1.29 is 24.2 Å². The predicted octanol–water partition coefficient (Wildman–Crippen LogP) is 4.05. The number of carbonyl (C=O) groups is 1. The zero-order chi connectivity index (χ0) is 33.0. The Morgan fingerprint density at radius 1 is 1.00 bits per heavy atom. The van der Waals surface area contributed by atoms with Crippen molar-refractivity contribution in [2.75, 3.05) is 11.9 Å². The van der Waals surface area contributed by atoms with Gasteiger partial charge >= 0.3 is 0 Å². The first kappa shape index (κ1) is 31.3. The molecule has 2 aromatic heterocycles. The summed E-state index contributed by atoms with van der Waals surface area (Å²) in [5, 5.41) is 26.0. The van der Waals surface area contributed by atoms with E-state index in [2.05, 4.69) is 72.2 Å². The number of anilines is 1. The highest BCUT2D eigenvalue weighted by molar-refractivity contribution is 6.99. The fourth-order valence-electron chi connectivity index (χ4n) is 7.52. The third-order valence-corrected chi connectivity index (χ3v) is 15.0. The molecule has 0 spiro atoms. The van der Waals surface area contributed by atoms with Gasteiger partial charge in [0.05, 0.1) is 19.0 Å². The van der Waals surface area contributed by atoms with E-state index in [0.717, 1.165) is 10.4 Å². The van der Waals surface area contributed by atoms with E-state index in [-0.39, 0.29) is 16.8 Å². The van der Waals surface area contributed by atoms with Crippen molar-refractivity contribution in [1.29, 1.82) is 0 Å². The Hall–Kier alpha value is -4.26. The van der Waals surface area contributed by atoms with E-state index in [1.807, 2.05) is 47.0 Å². The van der Waals surface area contributed by atoms with Crippen LogP contribution in [-0.2, 0) is 9.16 Å². The molecule has 1 aliphatic carbocycles. The standard InChI is InChI=1S/C36H39N5O5Si/c1-34(2,3)47(25-16-10-6-11-17-25,26-18-12-7-13-19-26)46-36-21-35(36,4)29(27(43)20-42)45-33(36)41-23-39-28-30(37-22-38-31(28)41)40-32(44)24-14-8-5-9-15-24/h5-19,22-23,27,29,33,42-43H,20-21H2,1-4H3,(H,37,38,40,44)/t27-,29+,33+,35-,36-/m0/s1. The maximum Gasteiger partial charge on any atom is 0.262 e. The van der Waals surface area contributed by atoms with Crippen molar-refractivity contribution in [3.05, 3.63) is 109 Å². The molecule has 2 aliphatic rings. The van der Waals surface area contributed by atoms with Crippen LogP contribution in [0.3, 0.4) is 0 Å². The van der Waals surface area contributed by atoms with Crippen molar-refractivity contribution in [2.45, 2.75) is 63.2 Å². The summed E-state index contributed by atoms with van der Waals surface area (Å²) in [4.78, 5) is 26.6. The van der Waals surface area contributed by atoms with E-state index >= 15 is 0 Å². The second kappa shape index (κ2) is 11.5. The minimum absolute atomic E-state index is 0.271. The number of aliphatic hydroxyl groups is 2. The van der Waals surface area contributed by atoms with Crippen LogP contribution in [-0.4, -0.2) is 68.4 Å². The lowest BCUT2D eigenvalue weighted by molar-refractivity contribution is -0.117. The van der Waals surface area contributed by atoms with Gasteiger partial charge in [0, 0.05) is 11.0 Å². The summed E-state index contributed by atoms with van der Waals surface area (Å²) in [6.07, 6.45) is 1.01. The number of aromatic nitrogens is 4. The van der Waals surface area contributed by atoms with E-state index < -0.39 is 44.4 Å². The van der Waals surface area contributed by atoms with Gasteiger partial charge in [-0.15, -0.1) is 0 Å². The molecule has 1 saturated heterocycles. The Labute approximate surface area is 274 Å². The molecule has 1 amide bonds. The van der Waals surface area contributed by atoms with Gasteiger partial charge in [0.2, 0.25) is 0 Å². The number of hydrogen-bond donors (Lipinski definition) is 3. The van der Waals surface area contributed by atoms with E-state index in [4.69, 9.17) is 9.16 Å². The summed E-state index contributed by atoms with van der Waals surface area (Å²) < 4.78 is 16.4. The molecule has 3 N–H and O–H groups in total. The molecule has 5 atom stereocenters. The number of hydrogen-bond acceptors (Lipinski definition) is 8. The maximum atomic E-state index is 13.0. The van der Waals surface area contributed by atoms with E-state index in [0.29, 0.717) is 23.1 Å². The summed E-state index contributed by atoms with van der Waals surface area (Å²) in [7, 11) is -3.11. The van der Waals surface area contributed by atoms with Gasteiger partial charge in [-0.05, 0) is 34.0 Å². The van der Waals surface area contributed by atoms with Crippen molar-refractivity contribution in [3.8, 4) is 0 Å². The second-order valence-electron chi connectivity index (χ2n) is 13.8. The van der Waals surface area contributed by atoms with Crippen molar-refractivity contribution in [2.24, 2.45) is 5.41 Å². The number of nitrogens with one attached hydrogen (secondary N) is 1. The lowest BCUT2D eigenvalue weighted by Gasteiger charge is -2.46. The molecule has 5 aromatic rings. The summed E-state index contributed by atoms with van der Waals surface area (Å²) in [6, 6.07) is 29.7. The highest BCUT2D eigenvalue weighted by Crippen LogP contribution is 2.73. The molecular weight excluding hydrogens is 611 g/mol. The Kier molecular flexibility index (Phi) is 7.64. The van der Waals surface area contributed by atoms with Crippen LogP contribution in [0.5, 0.6) is 0 Å². The van der Waals surface area contributed by atoms with Gasteiger partial charge in [0.1, 0.15) is 18.0 Å². The van der Waals surface area contributed by atoms with E-state index in [1.54, 1.807) is 30.6 Å². The van der Waals surface area contributed by atoms with Crippen LogP contribution in [0.15, 0.2) is 104 Å². The molecule has 3 aromatic carbocycles. The summed E-state index contributed by atoms with van der Waals surface area (Å²) in [5.41, 5.74) is -0.210. The Morgan fingerprint density at radius 2 is 1.60 bits per heavy atom. The van der Waals surface area contributed by atoms with Crippen LogP contribution in [0.2, 0.25) is 5.04 Å². The first-order valence-electron chi connectivity index (χ1n) is 15.9. The number of amides is 1. The van der Waals surface area contributed by atoms with Crippen LogP contribution in [0, 0.1) is 5.41 Å². The van der Waals surface area contributed by atoms with Crippen LogP contribution in [0.1, 0.15) is 50.7 Å². The molecule has 242 valence electrons. The molecule has 3 heterocycles. The van der Waals surface area contributed by atoms with Crippen molar-refractivity contribution in [1.82, 2.24) is 19.5 Å². The van der Waals surface area contributed by atoms with Crippen molar-refractivity contribution in [3.63, 3.8) is 0 Å². The Morgan fingerprint density at radius 3 is 2.17 bits per heavy atom. The lowest BCUT2D eigenvalue weighted by atomic mass is 9.95. The van der Waals surface area contributed by atoms with Crippen LogP contribution < -0.4 is 15.7 Å². The molecule has 2 fully saturated rings. The Balaban J connectivity index is 1.37. The lowest BCUT2D eigenvalue weighted by Crippen LogP contribution is -2.69. The minimum Gasteiger partial charge on any atom is -0.397 e. The van der Waals surface area contributed by atoms with E-state index in [1.165, 1.54) is 6.33 Å². The van der Waals surface area contributed by atoms with Crippen LogP contribution in [0.4, 0.5) is 5.82 Å². The zero-order valence-corrected chi connectivity index (χ0v) is 27.9. The van der Waals surface area contributed by atoms with Gasteiger partial charge in [0.15, 0.2) is 23.2 Å². The fraction of sp³-hybridized carbons (Fsp3) is 0.333. The zero-order valence-electron chi connectivity index (χ0n) is 26.9. The van der Waals surface area contributed by atoms with Gasteiger partial charge < -0.3 is 24.7 Å². The van der Waals surface area contributed by atoms with Gasteiger partial charge in [-0.1, -0.05) is 107 Å². The SMILES string of the molecule is CC(C)(C)[Si](O[C@]12C[C@@]1(C)[C@@H]([C@@H](O)CO)O[C@H]2n1cnc2c(NC(=O)c3ccccc3)ncnc21)(c1ccccc1)c1ccccc1. The third-order valence-electron chi connectivity index (χ3n) is 9.94. The predicted molar refractivity (Wildman–Crippen MR) is 181 cm³/mol. The monoisotopic (exact) mass is 649 g/mol. The Bertz CT molecular complexity index is 1860. The molecule has 47 heavy (non-hydrogen) atoms. The van der Waals surface area contributed by atoms with Crippen molar-refractivity contribution >= 4 is 41.6 Å². The smallest absolute Gasteiger partial charge is 0.262 e. The normalized spacial score (nSPS) is 24.6. The average Bonchev–Trinajstić information content (AvgIpc) is 3.34. The first-order valence-corrected chi connectivity index (χ1v) is 17.8. The number of carbonyl (C=O) groups excluding carboxylic acids is 1. The highest BCUT2D eigenvalue weighted by Gasteiger charge is 2.82. The second-order valence-corrected chi connectivity index (χ2v) is 18.0. The largest absolute Gasteiger partial charge is 0.397 e. The number of aliphatic hydroxyl groups excluding tert-OH is 2. The molecule has 0 bridgehead atoms. The number of ether oxygens (including phenoxy) is 1. The number of rotatable bonds is 9. The summed E-state index contributed by atoms with van der Waals surface area (Å²) in [6.45, 7) is 8.28. The maximum absolute atomic E-state index is 13.0. The van der Waals surface area contributed by atoms with Gasteiger partial charge in [0.25, 0.3) is 14.2 Å². The first-order chi connectivity index (χ1) is 22.6. The van der Waals surface area contributed by atoms with Crippen LogP contribution >= 0.6 is 0 Å². The molecule has 0 radical (unpaired) electrons. The summed E-state index contributed by atoms with van der Waals surface area (Å²) in [5.74, 6) is -0.0438. The van der Waals surface area contributed by atoms with Gasteiger partial charge in [-0.3, -0.25) is 9.36 Å². The molecule has 10 nitrogen and oxygen atoms in total. The molecule has 1 saturated carbocycles. The van der Waals surface area contributed by atoms with E-state index in [9.17, 15) is 15.0 Å². The molecule has 7 rings (SSSR count). The van der Waals surface area contributed by atoms with Gasteiger partial charge in [-0.25, -0.2) is 15.0 Å². The molecular formula is C36H39N5O5Si.